The molecular weight excluding hydrogens is 347 g/mol. The molecule has 1 saturated heterocycles. The van der Waals surface area contributed by atoms with Crippen LogP contribution < -0.4 is 5.32 Å². The van der Waals surface area contributed by atoms with E-state index >= 15 is 0 Å². The van der Waals surface area contributed by atoms with Crippen LogP contribution in [-0.4, -0.2) is 51.9 Å². The highest BCUT2D eigenvalue weighted by atomic mass is 32.2. The van der Waals surface area contributed by atoms with Crippen molar-refractivity contribution in [2.75, 3.05) is 24.2 Å². The lowest BCUT2D eigenvalue weighted by Gasteiger charge is -2.31. The summed E-state index contributed by atoms with van der Waals surface area (Å²) in [5.74, 6) is -1.81. The van der Waals surface area contributed by atoms with Crippen LogP contribution in [0.25, 0.3) is 0 Å². The van der Waals surface area contributed by atoms with Gasteiger partial charge in [0.05, 0.1) is 16.9 Å². The van der Waals surface area contributed by atoms with E-state index in [4.69, 9.17) is 5.11 Å². The number of carbonyl (C=O) groups excluding carboxylic acids is 2. The van der Waals surface area contributed by atoms with Gasteiger partial charge in [-0.2, -0.15) is 0 Å². The largest absolute Gasteiger partial charge is 0.481 e. The van der Waals surface area contributed by atoms with E-state index in [1.54, 1.807) is 11.8 Å². The van der Waals surface area contributed by atoms with Crippen molar-refractivity contribution in [1.82, 2.24) is 4.90 Å². The van der Waals surface area contributed by atoms with Gasteiger partial charge in [0, 0.05) is 18.8 Å². The third-order valence-electron chi connectivity index (χ3n) is 4.10. The zero-order valence-corrected chi connectivity index (χ0v) is 14.7. The highest BCUT2D eigenvalue weighted by Gasteiger charge is 2.29. The second-order valence-electron chi connectivity index (χ2n) is 5.95. The van der Waals surface area contributed by atoms with E-state index in [0.717, 1.165) is 0 Å². The number of carboxylic acids is 1. The molecule has 25 heavy (non-hydrogen) atoms. The van der Waals surface area contributed by atoms with Crippen LogP contribution in [-0.2, 0) is 14.4 Å². The predicted molar refractivity (Wildman–Crippen MR) is 93.9 cm³/mol. The summed E-state index contributed by atoms with van der Waals surface area (Å²) in [5, 5.41) is 11.2. The quantitative estimate of drug-likeness (QED) is 0.804. The Hall–Kier alpha value is -2.09. The number of thioether (sulfide) groups is 1. The number of nitrogens with zero attached hydrogens (tertiary/aromatic N) is 1. The maximum absolute atomic E-state index is 12.8. The minimum Gasteiger partial charge on any atom is -0.481 e. The van der Waals surface area contributed by atoms with Crippen molar-refractivity contribution in [1.29, 1.82) is 0 Å². The molecule has 6 nitrogen and oxygen atoms in total. The Kier molecular flexibility index (Phi) is 6.81. The summed E-state index contributed by atoms with van der Waals surface area (Å²) in [7, 11) is 0. The van der Waals surface area contributed by atoms with Gasteiger partial charge in [0.1, 0.15) is 5.82 Å². The maximum atomic E-state index is 12.8. The first-order valence-electron chi connectivity index (χ1n) is 8.05. The van der Waals surface area contributed by atoms with Crippen LogP contribution in [0.1, 0.15) is 19.8 Å². The van der Waals surface area contributed by atoms with E-state index in [1.165, 1.54) is 36.0 Å². The van der Waals surface area contributed by atoms with Crippen molar-refractivity contribution >= 4 is 35.2 Å². The van der Waals surface area contributed by atoms with Crippen LogP contribution >= 0.6 is 11.8 Å². The van der Waals surface area contributed by atoms with Crippen LogP contribution in [0.2, 0.25) is 0 Å². The number of benzene rings is 1. The number of hydrogen-bond acceptors (Lipinski definition) is 4. The smallest absolute Gasteiger partial charge is 0.306 e. The summed E-state index contributed by atoms with van der Waals surface area (Å²) in [5.41, 5.74) is 0.502. The van der Waals surface area contributed by atoms with Crippen molar-refractivity contribution in [2.24, 2.45) is 5.92 Å². The van der Waals surface area contributed by atoms with Gasteiger partial charge in [0.25, 0.3) is 0 Å². The molecule has 0 saturated carbocycles. The summed E-state index contributed by atoms with van der Waals surface area (Å²) in [6, 6.07) is 5.46. The van der Waals surface area contributed by atoms with E-state index in [9.17, 15) is 18.8 Å². The molecule has 0 aliphatic carbocycles. The molecule has 1 fully saturated rings. The lowest BCUT2D eigenvalue weighted by Crippen LogP contribution is -2.43. The van der Waals surface area contributed by atoms with Gasteiger partial charge >= 0.3 is 5.97 Å². The lowest BCUT2D eigenvalue weighted by atomic mass is 9.97. The number of rotatable bonds is 6. The monoisotopic (exact) mass is 368 g/mol. The standard InChI is InChI=1S/C17H21FN2O4S/c1-11(16(22)20-8-6-12(7-9-20)17(23)24)25-10-15(21)19-14-4-2-13(18)3-5-14/h2-5,11-12H,6-10H2,1H3,(H,19,21)(H,23,24). The molecule has 136 valence electrons. The van der Waals surface area contributed by atoms with E-state index in [-0.39, 0.29) is 34.6 Å². The lowest BCUT2D eigenvalue weighted by molar-refractivity contribution is -0.145. The van der Waals surface area contributed by atoms with Crippen molar-refractivity contribution in [3.8, 4) is 0 Å². The molecule has 2 rings (SSSR count). The Balaban J connectivity index is 1.74. The van der Waals surface area contributed by atoms with E-state index < -0.39 is 5.97 Å². The number of aliphatic carboxylic acids is 1. The van der Waals surface area contributed by atoms with Crippen LogP contribution in [0.4, 0.5) is 10.1 Å². The average molecular weight is 368 g/mol. The first kappa shape index (κ1) is 19.2. The van der Waals surface area contributed by atoms with Gasteiger partial charge in [-0.15, -0.1) is 11.8 Å². The maximum Gasteiger partial charge on any atom is 0.306 e. The number of likely N-dealkylation sites (tertiary alicyclic amines) is 1. The van der Waals surface area contributed by atoms with Gasteiger partial charge in [-0.05, 0) is 44.0 Å². The average Bonchev–Trinajstić information content (AvgIpc) is 2.61. The zero-order valence-electron chi connectivity index (χ0n) is 13.9. The number of anilines is 1. The van der Waals surface area contributed by atoms with Crippen LogP contribution in [0.5, 0.6) is 0 Å². The number of nitrogens with one attached hydrogen (secondary N) is 1. The topological polar surface area (TPSA) is 86.7 Å². The molecule has 1 aliphatic rings. The summed E-state index contributed by atoms with van der Waals surface area (Å²) >= 11 is 1.22. The molecule has 2 amide bonds. The van der Waals surface area contributed by atoms with E-state index in [1.807, 2.05) is 0 Å². The number of carbonyl (C=O) groups is 3. The number of piperidine rings is 1. The molecule has 1 unspecified atom stereocenters. The molecular formula is C17H21FN2O4S. The van der Waals surface area contributed by atoms with Crippen LogP contribution in [0.15, 0.2) is 24.3 Å². The Morgan fingerprint density at radius 2 is 1.88 bits per heavy atom. The third kappa shape index (κ3) is 5.74. The van der Waals surface area contributed by atoms with Crippen LogP contribution in [0.3, 0.4) is 0 Å². The SMILES string of the molecule is CC(SCC(=O)Nc1ccc(F)cc1)C(=O)N1CCC(C(=O)O)CC1. The number of hydrogen-bond donors (Lipinski definition) is 2. The fourth-order valence-corrected chi connectivity index (χ4v) is 3.37. The molecule has 1 heterocycles. The molecule has 1 atom stereocenters. The highest BCUT2D eigenvalue weighted by molar-refractivity contribution is 8.01. The second-order valence-corrected chi connectivity index (χ2v) is 7.28. The molecule has 1 aliphatic heterocycles. The van der Waals surface area contributed by atoms with Gasteiger partial charge in [-0.25, -0.2) is 4.39 Å². The number of halogens is 1. The van der Waals surface area contributed by atoms with Gasteiger partial charge < -0.3 is 15.3 Å². The van der Waals surface area contributed by atoms with Gasteiger partial charge in [-0.1, -0.05) is 0 Å². The van der Waals surface area contributed by atoms with Gasteiger partial charge in [0.15, 0.2) is 0 Å². The fourth-order valence-electron chi connectivity index (χ4n) is 2.61. The van der Waals surface area contributed by atoms with Crippen LogP contribution in [0, 0.1) is 11.7 Å². The Labute approximate surface area is 149 Å². The molecule has 1 aromatic carbocycles. The number of carboxylic acid groups (broad SMARTS) is 1. The first-order valence-corrected chi connectivity index (χ1v) is 9.10. The predicted octanol–water partition coefficient (Wildman–Crippen LogP) is 2.21. The molecule has 0 aromatic heterocycles. The highest BCUT2D eigenvalue weighted by Crippen LogP contribution is 2.21. The summed E-state index contributed by atoms with van der Waals surface area (Å²) < 4.78 is 12.8. The molecule has 0 spiro atoms. The fraction of sp³-hybridized carbons (Fsp3) is 0.471. The van der Waals surface area contributed by atoms with Gasteiger partial charge in [0.2, 0.25) is 11.8 Å². The third-order valence-corrected chi connectivity index (χ3v) is 5.23. The van der Waals surface area contributed by atoms with Crippen molar-refractivity contribution in [3.05, 3.63) is 30.1 Å². The molecule has 0 radical (unpaired) electrons. The van der Waals surface area contributed by atoms with E-state index in [0.29, 0.717) is 31.6 Å². The number of amides is 2. The zero-order chi connectivity index (χ0) is 18.4. The van der Waals surface area contributed by atoms with Gasteiger partial charge in [-0.3, -0.25) is 14.4 Å². The molecule has 2 N–H and O–H groups in total. The Bertz CT molecular complexity index is 630. The van der Waals surface area contributed by atoms with Crippen molar-refractivity contribution in [3.63, 3.8) is 0 Å². The first-order chi connectivity index (χ1) is 11.9. The normalized spacial score (nSPS) is 16.3. The van der Waals surface area contributed by atoms with Crippen molar-refractivity contribution in [2.45, 2.75) is 25.0 Å². The summed E-state index contributed by atoms with van der Waals surface area (Å²) in [4.78, 5) is 36.9. The minimum atomic E-state index is -0.813. The van der Waals surface area contributed by atoms with Crippen molar-refractivity contribution < 1.29 is 23.9 Å². The Morgan fingerprint density at radius 3 is 2.44 bits per heavy atom. The molecule has 1 aromatic rings. The Morgan fingerprint density at radius 1 is 1.28 bits per heavy atom. The second kappa shape index (κ2) is 8.84. The molecule has 0 bridgehead atoms. The summed E-state index contributed by atoms with van der Waals surface area (Å²) in [6.07, 6.45) is 0.924. The van der Waals surface area contributed by atoms with E-state index in [2.05, 4.69) is 5.32 Å². The molecule has 8 heteroatoms. The minimum absolute atomic E-state index is 0.0802. The summed E-state index contributed by atoms with van der Waals surface area (Å²) in [6.45, 7) is 2.60.